The summed E-state index contributed by atoms with van der Waals surface area (Å²) in [6.07, 6.45) is 4.55. The molecule has 0 amide bonds. The summed E-state index contributed by atoms with van der Waals surface area (Å²) in [5.74, 6) is 0.298. The number of ketones is 1. The van der Waals surface area contributed by atoms with E-state index in [9.17, 15) is 9.59 Å². The zero-order chi connectivity index (χ0) is 18.8. The third kappa shape index (κ3) is 3.87. The van der Waals surface area contributed by atoms with Crippen LogP contribution in [-0.2, 0) is 0 Å². The van der Waals surface area contributed by atoms with Gasteiger partial charge in [-0.15, -0.1) is 0 Å². The molecule has 0 N–H and O–H groups in total. The van der Waals surface area contributed by atoms with Gasteiger partial charge in [-0.2, -0.15) is 4.98 Å². The Kier molecular flexibility index (Phi) is 5.45. The Morgan fingerprint density at radius 3 is 2.56 bits per heavy atom. The van der Waals surface area contributed by atoms with Crippen molar-refractivity contribution in [2.45, 2.75) is 36.9 Å². The number of benzene rings is 2. The van der Waals surface area contributed by atoms with Gasteiger partial charge in [-0.3, -0.25) is 9.59 Å². The van der Waals surface area contributed by atoms with E-state index in [0.29, 0.717) is 22.1 Å². The van der Waals surface area contributed by atoms with Crippen LogP contribution in [0.15, 0.2) is 63.0 Å². The molecule has 0 bridgehead atoms. The van der Waals surface area contributed by atoms with E-state index in [0.717, 1.165) is 22.8 Å². The lowest BCUT2D eigenvalue weighted by Crippen LogP contribution is -2.19. The first-order valence-electron chi connectivity index (χ1n) is 9.06. The fourth-order valence-electron chi connectivity index (χ4n) is 3.63. The van der Waals surface area contributed by atoms with E-state index < -0.39 is 0 Å². The maximum Gasteiger partial charge on any atom is 0.281 e. The largest absolute Gasteiger partial charge is 0.317 e. The second-order valence-corrected chi connectivity index (χ2v) is 8.60. The monoisotopic (exact) mass is 442 g/mol. The maximum absolute atomic E-state index is 12.6. The van der Waals surface area contributed by atoms with Crippen LogP contribution < -0.4 is 5.56 Å². The van der Waals surface area contributed by atoms with Crippen LogP contribution in [0.1, 0.15) is 42.1 Å². The van der Waals surface area contributed by atoms with E-state index in [-0.39, 0.29) is 17.1 Å². The third-order valence-corrected chi connectivity index (χ3v) is 6.47. The molecule has 4 nitrogen and oxygen atoms in total. The second-order valence-electron chi connectivity index (χ2n) is 6.74. The number of rotatable bonds is 5. The predicted molar refractivity (Wildman–Crippen MR) is 113 cm³/mol. The van der Waals surface area contributed by atoms with Gasteiger partial charge in [-0.05, 0) is 37.1 Å². The van der Waals surface area contributed by atoms with Crippen LogP contribution in [-0.4, -0.2) is 21.1 Å². The average Bonchev–Trinajstić information content (AvgIpc) is 3.21. The molecule has 1 aliphatic carbocycles. The van der Waals surface area contributed by atoms with Crippen LogP contribution in [0.2, 0.25) is 0 Å². The molecule has 1 heterocycles. The number of para-hydroxylation sites is 1. The molecular weight excluding hydrogens is 424 g/mol. The highest BCUT2D eigenvalue weighted by atomic mass is 79.9. The molecule has 0 unspecified atom stereocenters. The fraction of sp³-hybridized carbons (Fsp3) is 0.286. The summed E-state index contributed by atoms with van der Waals surface area (Å²) in [5.41, 5.74) is 1.36. The third-order valence-electron chi connectivity index (χ3n) is 4.99. The Hall–Kier alpha value is -1.92. The van der Waals surface area contributed by atoms with Gasteiger partial charge in [0.1, 0.15) is 0 Å². The van der Waals surface area contributed by atoms with Crippen LogP contribution >= 0.6 is 27.7 Å². The zero-order valence-electron chi connectivity index (χ0n) is 14.7. The summed E-state index contributed by atoms with van der Waals surface area (Å²) in [6.45, 7) is 0. The number of thioether (sulfide) groups is 1. The summed E-state index contributed by atoms with van der Waals surface area (Å²) in [4.78, 5) is 29.4. The lowest BCUT2D eigenvalue weighted by atomic mass is 10.2. The summed E-state index contributed by atoms with van der Waals surface area (Å²) < 4.78 is 3.13. The molecule has 1 aliphatic rings. The number of fused-ring (bicyclic) bond motifs is 1. The standard InChI is InChI=1S/C21H19BrN2O2S/c22-15-11-9-14(10-12-15)19(25)13-27-21-23-20(26)17-7-3-4-8-18(17)24(21)16-5-1-2-6-16/h3-4,7-12,16H,1-2,5-6,13H2. The number of aromatic nitrogens is 2. The highest BCUT2D eigenvalue weighted by Gasteiger charge is 2.23. The number of nitrogens with zero attached hydrogens (tertiary/aromatic N) is 2. The molecule has 0 atom stereocenters. The Morgan fingerprint density at radius 1 is 1.11 bits per heavy atom. The molecular formula is C21H19BrN2O2S. The highest BCUT2D eigenvalue weighted by Crippen LogP contribution is 2.35. The summed E-state index contributed by atoms with van der Waals surface area (Å²) in [5, 5.41) is 1.30. The lowest BCUT2D eigenvalue weighted by Gasteiger charge is -2.21. The van der Waals surface area contributed by atoms with Crippen LogP contribution in [0.3, 0.4) is 0 Å². The van der Waals surface area contributed by atoms with Gasteiger partial charge in [0.15, 0.2) is 10.9 Å². The highest BCUT2D eigenvalue weighted by molar-refractivity contribution is 9.10. The molecule has 0 aliphatic heterocycles. The molecule has 1 fully saturated rings. The van der Waals surface area contributed by atoms with E-state index in [4.69, 9.17) is 0 Å². The molecule has 27 heavy (non-hydrogen) atoms. The molecule has 0 spiro atoms. The average molecular weight is 443 g/mol. The van der Waals surface area contributed by atoms with Gasteiger partial charge < -0.3 is 4.57 Å². The normalized spacial score (nSPS) is 14.7. The number of carbonyl (C=O) groups excluding carboxylic acids is 1. The first-order chi connectivity index (χ1) is 13.1. The molecule has 0 saturated heterocycles. The van der Waals surface area contributed by atoms with E-state index in [1.54, 1.807) is 0 Å². The quantitative estimate of drug-likeness (QED) is 0.307. The lowest BCUT2D eigenvalue weighted by molar-refractivity contribution is 0.102. The van der Waals surface area contributed by atoms with Gasteiger partial charge in [0.2, 0.25) is 0 Å². The van der Waals surface area contributed by atoms with Gasteiger partial charge in [0.25, 0.3) is 5.56 Å². The zero-order valence-corrected chi connectivity index (χ0v) is 17.1. The summed E-state index contributed by atoms with van der Waals surface area (Å²) >= 11 is 4.74. The van der Waals surface area contributed by atoms with Crippen molar-refractivity contribution in [1.29, 1.82) is 0 Å². The first-order valence-corrected chi connectivity index (χ1v) is 10.8. The van der Waals surface area contributed by atoms with Crippen molar-refractivity contribution in [2.24, 2.45) is 0 Å². The minimum atomic E-state index is -0.224. The van der Waals surface area contributed by atoms with Crippen LogP contribution in [0, 0.1) is 0 Å². The van der Waals surface area contributed by atoms with Crippen molar-refractivity contribution in [1.82, 2.24) is 9.55 Å². The van der Waals surface area contributed by atoms with Crippen molar-refractivity contribution in [3.8, 4) is 0 Å². The SMILES string of the molecule is O=C(CSc1nc(=O)c2ccccc2n1C1CCCC1)c1ccc(Br)cc1. The van der Waals surface area contributed by atoms with Crippen LogP contribution in [0.4, 0.5) is 0 Å². The Bertz CT molecular complexity index is 1040. The molecule has 0 radical (unpaired) electrons. The molecule has 1 saturated carbocycles. The van der Waals surface area contributed by atoms with Crippen molar-refractivity contribution in [3.05, 3.63) is 68.9 Å². The van der Waals surface area contributed by atoms with Gasteiger partial charge in [-0.25, -0.2) is 0 Å². The Labute approximate surface area is 170 Å². The first kappa shape index (κ1) is 18.4. The maximum atomic E-state index is 12.6. The minimum absolute atomic E-state index is 0.0351. The number of halogens is 1. The van der Waals surface area contributed by atoms with Crippen molar-refractivity contribution in [2.75, 3.05) is 5.75 Å². The molecule has 6 heteroatoms. The summed E-state index contributed by atoms with van der Waals surface area (Å²) in [7, 11) is 0. The number of hydrogen-bond donors (Lipinski definition) is 0. The molecule has 138 valence electrons. The fourth-order valence-corrected chi connectivity index (χ4v) is 4.86. The second kappa shape index (κ2) is 7.98. The number of Topliss-reactive ketones (excluding diaryl/α,β-unsaturated/α-hetero) is 1. The van der Waals surface area contributed by atoms with E-state index in [1.165, 1.54) is 24.6 Å². The van der Waals surface area contributed by atoms with Gasteiger partial charge in [-0.1, -0.05) is 64.8 Å². The smallest absolute Gasteiger partial charge is 0.281 e. The molecule has 3 aromatic rings. The number of hydrogen-bond acceptors (Lipinski definition) is 4. The molecule has 1 aromatic heterocycles. The van der Waals surface area contributed by atoms with Crippen molar-refractivity contribution < 1.29 is 4.79 Å². The van der Waals surface area contributed by atoms with Gasteiger partial charge in [0.05, 0.1) is 16.7 Å². The van der Waals surface area contributed by atoms with E-state index in [2.05, 4.69) is 25.5 Å². The van der Waals surface area contributed by atoms with Crippen molar-refractivity contribution in [3.63, 3.8) is 0 Å². The summed E-state index contributed by atoms with van der Waals surface area (Å²) in [6, 6.07) is 15.3. The van der Waals surface area contributed by atoms with Crippen molar-refractivity contribution >= 4 is 44.4 Å². The van der Waals surface area contributed by atoms with Crippen LogP contribution in [0.5, 0.6) is 0 Å². The molecule has 2 aromatic carbocycles. The Morgan fingerprint density at radius 2 is 1.81 bits per heavy atom. The topological polar surface area (TPSA) is 52.0 Å². The Balaban J connectivity index is 1.68. The van der Waals surface area contributed by atoms with E-state index >= 15 is 0 Å². The van der Waals surface area contributed by atoms with E-state index in [1.807, 2.05) is 48.5 Å². The van der Waals surface area contributed by atoms with Gasteiger partial charge >= 0.3 is 0 Å². The number of carbonyl (C=O) groups is 1. The molecule has 4 rings (SSSR count). The minimum Gasteiger partial charge on any atom is -0.317 e. The predicted octanol–water partition coefficient (Wildman–Crippen LogP) is 5.25. The van der Waals surface area contributed by atoms with Crippen LogP contribution in [0.25, 0.3) is 10.9 Å². The van der Waals surface area contributed by atoms with Gasteiger partial charge in [0, 0.05) is 16.1 Å².